The third kappa shape index (κ3) is 15.4. The van der Waals surface area contributed by atoms with E-state index in [-0.39, 0.29) is 5.91 Å². The summed E-state index contributed by atoms with van der Waals surface area (Å²) in [4.78, 5) is 22.4. The van der Waals surface area contributed by atoms with Gasteiger partial charge in [-0.05, 0) is 19.8 Å². The minimum absolute atomic E-state index is 0.0504. The number of hydrogen-bond donors (Lipinski definition) is 2. The van der Waals surface area contributed by atoms with E-state index in [1.807, 2.05) is 0 Å². The van der Waals surface area contributed by atoms with Crippen LogP contribution >= 0.6 is 0 Å². The Balaban J connectivity index is 3.33. The first-order valence-electron chi connectivity index (χ1n) is 9.31. The first-order chi connectivity index (χ1) is 11.1. The van der Waals surface area contributed by atoms with Crippen LogP contribution in [-0.4, -0.2) is 18.4 Å². The molecule has 0 fully saturated rings. The number of amides is 2. The van der Waals surface area contributed by atoms with Gasteiger partial charge in [-0.25, -0.2) is 0 Å². The molecule has 134 valence electrons. The van der Waals surface area contributed by atoms with Gasteiger partial charge in [-0.2, -0.15) is 0 Å². The molecule has 0 aromatic rings. The summed E-state index contributed by atoms with van der Waals surface area (Å²) in [5.41, 5.74) is 5.64. The van der Waals surface area contributed by atoms with E-state index in [4.69, 9.17) is 5.73 Å². The Bertz CT molecular complexity index is 351. The Morgan fingerprint density at radius 2 is 1.43 bits per heavy atom. The summed E-state index contributed by atoms with van der Waals surface area (Å²) in [6.07, 6.45) is 15.7. The topological polar surface area (TPSA) is 72.2 Å². The highest BCUT2D eigenvalue weighted by molar-refractivity contribution is 5.91. The van der Waals surface area contributed by atoms with Crippen molar-refractivity contribution in [3.05, 3.63) is 11.6 Å². The zero-order valence-electron chi connectivity index (χ0n) is 15.2. The van der Waals surface area contributed by atoms with Crippen molar-refractivity contribution in [2.24, 2.45) is 5.73 Å². The van der Waals surface area contributed by atoms with Crippen molar-refractivity contribution in [2.75, 3.05) is 6.54 Å². The number of nitrogens with one attached hydrogen (secondary N) is 1. The zero-order valence-corrected chi connectivity index (χ0v) is 15.2. The lowest BCUT2D eigenvalue weighted by atomic mass is 10.1. The average molecular weight is 325 g/mol. The Morgan fingerprint density at radius 3 is 1.96 bits per heavy atom. The fourth-order valence-corrected chi connectivity index (χ4v) is 2.45. The summed E-state index contributed by atoms with van der Waals surface area (Å²) >= 11 is 0. The molecule has 0 aliphatic rings. The number of unbranched alkanes of at least 4 members (excludes halogenated alkanes) is 9. The van der Waals surface area contributed by atoms with Crippen LogP contribution in [0.3, 0.4) is 0 Å². The van der Waals surface area contributed by atoms with Gasteiger partial charge in [0.15, 0.2) is 0 Å². The van der Waals surface area contributed by atoms with E-state index in [9.17, 15) is 9.59 Å². The summed E-state index contributed by atoms with van der Waals surface area (Å²) in [6, 6.07) is 0. The van der Waals surface area contributed by atoms with Gasteiger partial charge in [0, 0.05) is 18.5 Å². The van der Waals surface area contributed by atoms with Crippen molar-refractivity contribution in [3.8, 4) is 0 Å². The van der Waals surface area contributed by atoms with Crippen LogP contribution in [0.25, 0.3) is 0 Å². The van der Waals surface area contributed by atoms with Crippen LogP contribution in [0.1, 0.15) is 90.9 Å². The fourth-order valence-electron chi connectivity index (χ4n) is 2.45. The predicted molar refractivity (Wildman–Crippen MR) is 97.0 cm³/mol. The van der Waals surface area contributed by atoms with Crippen LogP contribution in [-0.2, 0) is 9.59 Å². The number of allylic oxidation sites excluding steroid dienone is 1. The highest BCUT2D eigenvalue weighted by Crippen LogP contribution is 2.10. The van der Waals surface area contributed by atoms with E-state index in [2.05, 4.69) is 12.2 Å². The van der Waals surface area contributed by atoms with E-state index in [0.717, 1.165) is 13.0 Å². The molecular formula is C19H36N2O2. The average Bonchev–Trinajstić information content (AvgIpc) is 2.52. The molecule has 0 saturated carbocycles. The molecule has 0 aliphatic carbocycles. The Kier molecular flexibility index (Phi) is 14.7. The predicted octanol–water partition coefficient (Wildman–Crippen LogP) is 4.24. The van der Waals surface area contributed by atoms with Crippen LogP contribution in [0.15, 0.2) is 11.6 Å². The van der Waals surface area contributed by atoms with Gasteiger partial charge in [0.2, 0.25) is 11.8 Å². The number of hydrogen-bond acceptors (Lipinski definition) is 2. The normalized spacial score (nSPS) is 11.5. The molecule has 2 amide bonds. The van der Waals surface area contributed by atoms with Crippen LogP contribution in [0.4, 0.5) is 0 Å². The molecule has 0 aromatic heterocycles. The molecule has 4 heteroatoms. The largest absolute Gasteiger partial charge is 0.366 e. The maximum Gasteiger partial charge on any atom is 0.244 e. The van der Waals surface area contributed by atoms with Crippen LogP contribution < -0.4 is 11.1 Å². The molecule has 23 heavy (non-hydrogen) atoms. The van der Waals surface area contributed by atoms with Crippen LogP contribution in [0.5, 0.6) is 0 Å². The van der Waals surface area contributed by atoms with Crippen LogP contribution in [0.2, 0.25) is 0 Å². The Hall–Kier alpha value is -1.32. The summed E-state index contributed by atoms with van der Waals surface area (Å²) in [7, 11) is 0. The van der Waals surface area contributed by atoms with Gasteiger partial charge in [-0.1, -0.05) is 70.8 Å². The van der Waals surface area contributed by atoms with E-state index < -0.39 is 5.91 Å². The Morgan fingerprint density at radius 1 is 0.913 bits per heavy atom. The van der Waals surface area contributed by atoms with Gasteiger partial charge in [0.1, 0.15) is 0 Å². The number of carbonyl (C=O) groups is 2. The van der Waals surface area contributed by atoms with Crippen molar-refractivity contribution < 1.29 is 9.59 Å². The number of rotatable bonds is 15. The molecule has 0 atom stereocenters. The van der Waals surface area contributed by atoms with Gasteiger partial charge >= 0.3 is 0 Å². The first-order valence-corrected chi connectivity index (χ1v) is 9.31. The van der Waals surface area contributed by atoms with Crippen LogP contribution in [0, 0.1) is 0 Å². The van der Waals surface area contributed by atoms with E-state index in [0.29, 0.717) is 18.4 Å². The Labute approximate surface area is 142 Å². The van der Waals surface area contributed by atoms with Gasteiger partial charge in [-0.3, -0.25) is 9.59 Å². The van der Waals surface area contributed by atoms with E-state index >= 15 is 0 Å². The lowest BCUT2D eigenvalue weighted by Crippen LogP contribution is -2.23. The zero-order chi connectivity index (χ0) is 17.3. The highest BCUT2D eigenvalue weighted by Gasteiger charge is 2.01. The molecule has 0 aliphatic heterocycles. The van der Waals surface area contributed by atoms with Crippen molar-refractivity contribution in [1.29, 1.82) is 0 Å². The second-order valence-corrected chi connectivity index (χ2v) is 6.32. The molecule has 0 spiro atoms. The number of carbonyl (C=O) groups excluding carboxylic acids is 2. The smallest absolute Gasteiger partial charge is 0.244 e. The van der Waals surface area contributed by atoms with Gasteiger partial charge in [0.05, 0.1) is 0 Å². The number of primary amides is 1. The molecule has 4 nitrogen and oxygen atoms in total. The summed E-state index contributed by atoms with van der Waals surface area (Å²) in [5, 5.41) is 2.93. The lowest BCUT2D eigenvalue weighted by Gasteiger charge is -2.05. The maximum absolute atomic E-state index is 11.6. The monoisotopic (exact) mass is 324 g/mol. The molecular weight excluding hydrogens is 288 g/mol. The summed E-state index contributed by atoms with van der Waals surface area (Å²) in [5.74, 6) is -0.370. The molecule has 0 unspecified atom stereocenters. The number of nitrogens with two attached hydrogens (primary N) is 1. The molecule has 0 radical (unpaired) electrons. The second-order valence-electron chi connectivity index (χ2n) is 6.32. The van der Waals surface area contributed by atoms with Crippen molar-refractivity contribution >= 4 is 11.8 Å². The van der Waals surface area contributed by atoms with Crippen molar-refractivity contribution in [2.45, 2.75) is 90.9 Å². The minimum Gasteiger partial charge on any atom is -0.366 e. The molecule has 0 aromatic carbocycles. The van der Waals surface area contributed by atoms with E-state index in [1.165, 1.54) is 57.8 Å². The quantitative estimate of drug-likeness (QED) is 0.349. The van der Waals surface area contributed by atoms with Gasteiger partial charge in [-0.15, -0.1) is 0 Å². The minimum atomic E-state index is -0.421. The molecule has 0 bridgehead atoms. The third-order valence-corrected chi connectivity index (χ3v) is 4.06. The molecule has 3 N–H and O–H groups in total. The lowest BCUT2D eigenvalue weighted by molar-refractivity contribution is -0.121. The third-order valence-electron chi connectivity index (χ3n) is 4.06. The molecule has 0 heterocycles. The second kappa shape index (κ2) is 15.6. The fraction of sp³-hybridized carbons (Fsp3) is 0.789. The summed E-state index contributed by atoms with van der Waals surface area (Å²) in [6.45, 7) is 4.68. The maximum atomic E-state index is 11.6. The standard InChI is InChI=1S/C19H36N2O2/c1-3-4-5-6-7-8-9-10-11-12-16-21-18(22)15-13-14-17(2)19(20)23/h14H,3-13,15-16H2,1-2H3,(H2,20,23)(H,21,22). The molecule has 0 saturated heterocycles. The van der Waals surface area contributed by atoms with Crippen molar-refractivity contribution in [1.82, 2.24) is 5.32 Å². The SMILES string of the molecule is CCCCCCCCCCCCNC(=O)CCC=C(C)C(N)=O. The van der Waals surface area contributed by atoms with Gasteiger partial charge in [0.25, 0.3) is 0 Å². The highest BCUT2D eigenvalue weighted by atomic mass is 16.1. The first kappa shape index (κ1) is 21.7. The van der Waals surface area contributed by atoms with Crippen molar-refractivity contribution in [3.63, 3.8) is 0 Å². The van der Waals surface area contributed by atoms with Gasteiger partial charge < -0.3 is 11.1 Å². The van der Waals surface area contributed by atoms with E-state index in [1.54, 1.807) is 13.0 Å². The summed E-state index contributed by atoms with van der Waals surface area (Å²) < 4.78 is 0. The molecule has 0 rings (SSSR count).